The van der Waals surface area contributed by atoms with Crippen molar-refractivity contribution in [3.63, 3.8) is 0 Å². The van der Waals surface area contributed by atoms with Crippen LogP contribution in [-0.2, 0) is 0 Å². The summed E-state index contributed by atoms with van der Waals surface area (Å²) in [4.78, 5) is 0. The molecule has 2 fully saturated rings. The van der Waals surface area contributed by atoms with Crippen molar-refractivity contribution in [2.45, 2.75) is 38.7 Å². The van der Waals surface area contributed by atoms with Gasteiger partial charge in [-0.05, 0) is 25.7 Å². The third kappa shape index (κ3) is 2.01. The molecule has 3 unspecified atom stereocenters. The highest BCUT2D eigenvalue weighted by Gasteiger charge is 2.46. The number of aliphatic hydroxyl groups excluding tert-OH is 1. The Labute approximate surface area is 86.0 Å². The molecule has 0 aromatic carbocycles. The molecule has 1 heterocycles. The molecule has 0 amide bonds. The predicted molar refractivity (Wildman–Crippen MR) is 57.2 cm³/mol. The van der Waals surface area contributed by atoms with Crippen LogP contribution in [0.5, 0.6) is 0 Å². The molecule has 2 nitrogen and oxygen atoms in total. The lowest BCUT2D eigenvalue weighted by Gasteiger charge is -2.12. The highest BCUT2D eigenvalue weighted by Crippen LogP contribution is 2.48. The van der Waals surface area contributed by atoms with E-state index in [1.54, 1.807) is 5.57 Å². The van der Waals surface area contributed by atoms with Crippen molar-refractivity contribution in [3.05, 3.63) is 11.6 Å². The van der Waals surface area contributed by atoms with E-state index < -0.39 is 0 Å². The SMILES string of the molecule is C/C=C1\CC1C1CC[OH+]C1CCCO. The van der Waals surface area contributed by atoms with Crippen LogP contribution in [0.25, 0.3) is 0 Å². The van der Waals surface area contributed by atoms with E-state index in [9.17, 15) is 0 Å². The number of hydrogen-bond acceptors (Lipinski definition) is 1. The van der Waals surface area contributed by atoms with Gasteiger partial charge in [-0.25, -0.2) is 0 Å². The first-order valence-electron chi connectivity index (χ1n) is 5.79. The summed E-state index contributed by atoms with van der Waals surface area (Å²) >= 11 is 0. The average molecular weight is 197 g/mol. The van der Waals surface area contributed by atoms with Crippen molar-refractivity contribution >= 4 is 0 Å². The van der Waals surface area contributed by atoms with Gasteiger partial charge in [0.1, 0.15) is 6.61 Å². The molecule has 1 saturated heterocycles. The first-order valence-corrected chi connectivity index (χ1v) is 5.79. The van der Waals surface area contributed by atoms with Crippen LogP contribution in [-0.4, -0.2) is 29.2 Å². The number of allylic oxidation sites excluding steroid dienone is 2. The summed E-state index contributed by atoms with van der Waals surface area (Å²) in [7, 11) is 0. The molecule has 2 heteroatoms. The second kappa shape index (κ2) is 4.45. The lowest BCUT2D eigenvalue weighted by Crippen LogP contribution is -2.20. The van der Waals surface area contributed by atoms with Crippen molar-refractivity contribution in [1.29, 1.82) is 0 Å². The Morgan fingerprint density at radius 2 is 2.43 bits per heavy atom. The summed E-state index contributed by atoms with van der Waals surface area (Å²) in [6.07, 6.45) is 7.41. The molecule has 80 valence electrons. The van der Waals surface area contributed by atoms with Gasteiger partial charge in [0.05, 0.1) is 0 Å². The molecule has 2 aliphatic rings. The van der Waals surface area contributed by atoms with Crippen LogP contribution in [0, 0.1) is 11.8 Å². The summed E-state index contributed by atoms with van der Waals surface area (Å²) < 4.78 is 4.65. The van der Waals surface area contributed by atoms with Crippen molar-refractivity contribution in [1.82, 2.24) is 0 Å². The predicted octanol–water partition coefficient (Wildman–Crippen LogP) is 1.64. The Hall–Kier alpha value is -0.340. The lowest BCUT2D eigenvalue weighted by molar-refractivity contribution is -0.0784. The van der Waals surface area contributed by atoms with Crippen molar-refractivity contribution in [2.75, 3.05) is 13.2 Å². The van der Waals surface area contributed by atoms with E-state index in [1.807, 2.05) is 0 Å². The molecule has 2 rings (SSSR count). The fraction of sp³-hybridized carbons (Fsp3) is 0.833. The van der Waals surface area contributed by atoms with Gasteiger partial charge in [-0.15, -0.1) is 0 Å². The molecule has 0 radical (unpaired) electrons. The van der Waals surface area contributed by atoms with Crippen molar-refractivity contribution in [2.24, 2.45) is 11.8 Å². The van der Waals surface area contributed by atoms with Crippen molar-refractivity contribution in [3.8, 4) is 0 Å². The van der Waals surface area contributed by atoms with Gasteiger partial charge < -0.3 is 9.84 Å². The van der Waals surface area contributed by atoms with Crippen LogP contribution in [0.1, 0.15) is 32.6 Å². The first-order chi connectivity index (χ1) is 6.86. The van der Waals surface area contributed by atoms with Crippen LogP contribution < -0.4 is 0 Å². The topological polar surface area (TPSA) is 33.0 Å². The van der Waals surface area contributed by atoms with Crippen LogP contribution in [0.2, 0.25) is 0 Å². The van der Waals surface area contributed by atoms with Gasteiger partial charge in [0, 0.05) is 25.4 Å². The molecule has 0 aromatic heterocycles. The van der Waals surface area contributed by atoms with Gasteiger partial charge in [0.25, 0.3) is 0 Å². The molecule has 0 spiro atoms. The van der Waals surface area contributed by atoms with E-state index in [0.29, 0.717) is 12.7 Å². The zero-order valence-corrected chi connectivity index (χ0v) is 8.95. The second-order valence-corrected chi connectivity index (χ2v) is 4.47. The van der Waals surface area contributed by atoms with Gasteiger partial charge >= 0.3 is 0 Å². The first kappa shape index (κ1) is 10.2. The normalized spacial score (nSPS) is 39.3. The molecule has 3 atom stereocenters. The highest BCUT2D eigenvalue weighted by atomic mass is 16.5. The monoisotopic (exact) mass is 197 g/mol. The van der Waals surface area contributed by atoms with Gasteiger partial charge in [-0.1, -0.05) is 11.6 Å². The Morgan fingerprint density at radius 3 is 3.07 bits per heavy atom. The second-order valence-electron chi connectivity index (χ2n) is 4.47. The molecule has 1 saturated carbocycles. The lowest BCUT2D eigenvalue weighted by atomic mass is 9.92. The zero-order valence-electron chi connectivity index (χ0n) is 8.95. The molecule has 1 aliphatic carbocycles. The number of rotatable bonds is 4. The highest BCUT2D eigenvalue weighted by molar-refractivity contribution is 5.24. The summed E-state index contributed by atoms with van der Waals surface area (Å²) in [5, 5.41) is 8.81. The fourth-order valence-corrected chi connectivity index (χ4v) is 2.75. The summed E-state index contributed by atoms with van der Waals surface area (Å²) in [5.74, 6) is 1.64. The quantitative estimate of drug-likeness (QED) is 0.539. The Bertz CT molecular complexity index is 222. The molecule has 2 N–H and O–H groups in total. The molecule has 0 aromatic rings. The molecular formula is C12H21O2+. The van der Waals surface area contributed by atoms with Crippen LogP contribution in [0.3, 0.4) is 0 Å². The van der Waals surface area contributed by atoms with E-state index in [0.717, 1.165) is 31.3 Å². The number of hydrogen-bond donors (Lipinski definition) is 1. The number of aliphatic hydroxyl groups is 3. The third-order valence-corrected chi connectivity index (χ3v) is 3.64. The van der Waals surface area contributed by atoms with Gasteiger partial charge in [-0.3, -0.25) is 0 Å². The average Bonchev–Trinajstić information content (AvgIpc) is 2.85. The standard InChI is InChI=1S/C12H20O2/c1-2-9-8-11(9)10-5-7-14-12(10)4-3-6-13/h2,10-13H,3-8H2,1H3/p+1/b9-2+. The fourth-order valence-electron chi connectivity index (χ4n) is 2.75. The van der Waals surface area contributed by atoms with E-state index in [-0.39, 0.29) is 0 Å². The minimum absolute atomic E-state index is 0.319. The van der Waals surface area contributed by atoms with Crippen LogP contribution in [0.4, 0.5) is 0 Å². The largest absolute Gasteiger partial charge is 0.431 e. The maximum atomic E-state index is 8.81. The maximum Gasteiger partial charge on any atom is 0.158 e. The third-order valence-electron chi connectivity index (χ3n) is 3.64. The van der Waals surface area contributed by atoms with Crippen LogP contribution in [0.15, 0.2) is 11.6 Å². The molecule has 1 aliphatic heterocycles. The van der Waals surface area contributed by atoms with Crippen molar-refractivity contribution < 1.29 is 9.84 Å². The van der Waals surface area contributed by atoms with E-state index in [1.165, 1.54) is 12.8 Å². The summed E-state index contributed by atoms with van der Waals surface area (Å²) in [6, 6.07) is 0. The Morgan fingerprint density at radius 1 is 1.57 bits per heavy atom. The van der Waals surface area contributed by atoms with E-state index >= 15 is 0 Å². The smallest absolute Gasteiger partial charge is 0.158 e. The number of ether oxygens (including phenoxy) is 1. The molecular weight excluding hydrogens is 176 g/mol. The minimum atomic E-state index is 0.319. The molecule has 14 heavy (non-hydrogen) atoms. The summed E-state index contributed by atoms with van der Waals surface area (Å²) in [5.41, 5.74) is 1.64. The minimum Gasteiger partial charge on any atom is -0.431 e. The molecule has 0 bridgehead atoms. The Kier molecular flexibility index (Phi) is 3.24. The van der Waals surface area contributed by atoms with E-state index in [2.05, 4.69) is 17.7 Å². The van der Waals surface area contributed by atoms with Crippen LogP contribution >= 0.6 is 0 Å². The van der Waals surface area contributed by atoms with Gasteiger partial charge in [-0.2, -0.15) is 0 Å². The Balaban J connectivity index is 1.85. The summed E-state index contributed by atoms with van der Waals surface area (Å²) in [6.45, 7) is 3.51. The van der Waals surface area contributed by atoms with Gasteiger partial charge in [0.15, 0.2) is 6.10 Å². The maximum absolute atomic E-state index is 8.81. The van der Waals surface area contributed by atoms with Gasteiger partial charge in [0.2, 0.25) is 0 Å². The zero-order chi connectivity index (χ0) is 9.97. The van der Waals surface area contributed by atoms with E-state index in [4.69, 9.17) is 5.11 Å².